The summed E-state index contributed by atoms with van der Waals surface area (Å²) in [4.78, 5) is 21.8. The summed E-state index contributed by atoms with van der Waals surface area (Å²) in [5, 5.41) is 7.34. The second kappa shape index (κ2) is 6.12. The second-order valence-corrected chi connectivity index (χ2v) is 4.75. The van der Waals surface area contributed by atoms with Gasteiger partial charge < -0.3 is 20.7 Å². The largest absolute Gasteiger partial charge is 0.489 e. The first-order valence-electron chi connectivity index (χ1n) is 6.41. The predicted molar refractivity (Wildman–Crippen MR) is 72.7 cm³/mol. The Bertz CT molecular complexity index is 590. The molecule has 1 aromatic carbocycles. The number of benzene rings is 1. The van der Waals surface area contributed by atoms with Crippen LogP contribution in [-0.2, 0) is 9.59 Å². The van der Waals surface area contributed by atoms with Crippen molar-refractivity contribution in [1.82, 2.24) is 5.32 Å². The number of carbonyl (C=O) groups is 2. The third-order valence-corrected chi connectivity index (χ3v) is 2.87. The van der Waals surface area contributed by atoms with E-state index in [0.29, 0.717) is 17.1 Å². The molecule has 1 aliphatic rings. The van der Waals surface area contributed by atoms with Crippen molar-refractivity contribution in [3.05, 3.63) is 18.2 Å². The molecular weight excluding hydrogens is 303 g/mol. The van der Waals surface area contributed by atoms with Crippen LogP contribution in [0.2, 0.25) is 0 Å². The van der Waals surface area contributed by atoms with Crippen LogP contribution in [-0.4, -0.2) is 37.2 Å². The average molecular weight is 317 g/mol. The van der Waals surface area contributed by atoms with Crippen LogP contribution in [0.5, 0.6) is 5.75 Å². The fourth-order valence-corrected chi connectivity index (χ4v) is 1.93. The summed E-state index contributed by atoms with van der Waals surface area (Å²) in [6, 6.07) is 4.38. The summed E-state index contributed by atoms with van der Waals surface area (Å²) in [5.74, 6) is -1.72. The molecule has 0 aromatic heterocycles. The van der Waals surface area contributed by atoms with Crippen molar-refractivity contribution in [2.24, 2.45) is 0 Å². The molecule has 0 fully saturated rings. The van der Waals surface area contributed by atoms with Gasteiger partial charge in [0.1, 0.15) is 12.4 Å². The van der Waals surface area contributed by atoms with Gasteiger partial charge in [-0.1, -0.05) is 0 Å². The zero-order chi connectivity index (χ0) is 16.3. The molecule has 1 aromatic rings. The lowest BCUT2D eigenvalue weighted by Crippen LogP contribution is -2.46. The number of ether oxygens (including phenoxy) is 1. The number of fused-ring (bicyclic) bond motifs is 1. The molecule has 2 rings (SSSR count). The van der Waals surface area contributed by atoms with Crippen molar-refractivity contribution in [2.45, 2.75) is 19.1 Å². The highest BCUT2D eigenvalue weighted by atomic mass is 19.4. The number of carbonyl (C=O) groups excluding carboxylic acids is 2. The van der Waals surface area contributed by atoms with E-state index in [-0.39, 0.29) is 19.1 Å². The van der Waals surface area contributed by atoms with E-state index < -0.39 is 18.1 Å². The number of amides is 2. The van der Waals surface area contributed by atoms with E-state index in [1.165, 1.54) is 6.92 Å². The highest BCUT2D eigenvalue weighted by Gasteiger charge is 2.38. The van der Waals surface area contributed by atoms with Gasteiger partial charge in [0.05, 0.1) is 11.7 Å². The van der Waals surface area contributed by atoms with Crippen LogP contribution in [0.4, 0.5) is 24.5 Å². The van der Waals surface area contributed by atoms with E-state index in [9.17, 15) is 22.8 Å². The molecular formula is C13H14F3N3O3. The van der Waals surface area contributed by atoms with Crippen LogP contribution in [0.3, 0.4) is 0 Å². The Labute approximate surface area is 124 Å². The van der Waals surface area contributed by atoms with E-state index in [0.717, 1.165) is 0 Å². The Hall–Kier alpha value is -2.45. The van der Waals surface area contributed by atoms with Gasteiger partial charge in [0.15, 0.2) is 0 Å². The van der Waals surface area contributed by atoms with Gasteiger partial charge in [-0.3, -0.25) is 9.59 Å². The molecule has 3 N–H and O–H groups in total. The minimum absolute atomic E-state index is 0.116. The molecule has 22 heavy (non-hydrogen) atoms. The van der Waals surface area contributed by atoms with Crippen molar-refractivity contribution in [1.29, 1.82) is 0 Å². The smallest absolute Gasteiger partial charge is 0.471 e. The topological polar surface area (TPSA) is 79.5 Å². The summed E-state index contributed by atoms with van der Waals surface area (Å²) in [5.41, 5.74) is 1.06. The third kappa shape index (κ3) is 4.03. The first kappa shape index (κ1) is 15.9. The van der Waals surface area contributed by atoms with Crippen LogP contribution in [0.1, 0.15) is 6.92 Å². The quantitative estimate of drug-likeness (QED) is 0.789. The maximum absolute atomic E-state index is 12.1. The summed E-state index contributed by atoms with van der Waals surface area (Å²) in [7, 11) is 0. The molecule has 1 atom stereocenters. The van der Waals surface area contributed by atoms with E-state index >= 15 is 0 Å². The van der Waals surface area contributed by atoms with Gasteiger partial charge in [-0.2, -0.15) is 13.2 Å². The first-order chi connectivity index (χ1) is 10.3. The van der Waals surface area contributed by atoms with Gasteiger partial charge >= 0.3 is 12.1 Å². The molecule has 0 spiro atoms. The lowest BCUT2D eigenvalue weighted by atomic mass is 10.2. The van der Waals surface area contributed by atoms with Gasteiger partial charge in [0.2, 0.25) is 5.91 Å². The third-order valence-electron chi connectivity index (χ3n) is 2.87. The van der Waals surface area contributed by atoms with Crippen LogP contribution in [0.25, 0.3) is 0 Å². The van der Waals surface area contributed by atoms with Gasteiger partial charge in [0.25, 0.3) is 0 Å². The monoisotopic (exact) mass is 317 g/mol. The molecule has 0 radical (unpaired) electrons. The molecule has 2 amide bonds. The molecule has 6 nitrogen and oxygen atoms in total. The van der Waals surface area contributed by atoms with Gasteiger partial charge in [-0.05, 0) is 18.2 Å². The second-order valence-electron chi connectivity index (χ2n) is 4.75. The van der Waals surface area contributed by atoms with Crippen molar-refractivity contribution in [2.75, 3.05) is 23.8 Å². The summed E-state index contributed by atoms with van der Waals surface area (Å²) < 4.78 is 41.7. The summed E-state index contributed by atoms with van der Waals surface area (Å²) in [6.07, 6.45) is -4.91. The zero-order valence-electron chi connectivity index (χ0n) is 11.6. The summed E-state index contributed by atoms with van der Waals surface area (Å²) >= 11 is 0. The van der Waals surface area contributed by atoms with Crippen molar-refractivity contribution in [3.8, 4) is 5.75 Å². The van der Waals surface area contributed by atoms with Gasteiger partial charge in [-0.15, -0.1) is 0 Å². The molecule has 1 heterocycles. The van der Waals surface area contributed by atoms with Crippen LogP contribution in [0.15, 0.2) is 18.2 Å². The number of anilines is 2. The molecule has 0 aliphatic carbocycles. The molecule has 0 saturated heterocycles. The van der Waals surface area contributed by atoms with Gasteiger partial charge in [0, 0.05) is 19.2 Å². The molecule has 0 bridgehead atoms. The lowest BCUT2D eigenvalue weighted by molar-refractivity contribution is -0.173. The summed E-state index contributed by atoms with van der Waals surface area (Å²) in [6.45, 7) is 1.24. The zero-order valence-corrected chi connectivity index (χ0v) is 11.6. The number of rotatable bonds is 3. The van der Waals surface area contributed by atoms with Crippen LogP contribution >= 0.6 is 0 Å². The van der Waals surface area contributed by atoms with Crippen molar-refractivity contribution < 1.29 is 27.5 Å². The molecule has 1 aliphatic heterocycles. The maximum Gasteiger partial charge on any atom is 0.471 e. The molecule has 9 heteroatoms. The van der Waals surface area contributed by atoms with E-state index in [4.69, 9.17) is 4.74 Å². The minimum atomic E-state index is -4.91. The first-order valence-corrected chi connectivity index (χ1v) is 6.41. The van der Waals surface area contributed by atoms with E-state index in [2.05, 4.69) is 10.6 Å². The van der Waals surface area contributed by atoms with Crippen LogP contribution in [0, 0.1) is 0 Å². The van der Waals surface area contributed by atoms with Gasteiger partial charge in [-0.25, -0.2) is 0 Å². The Morgan fingerprint density at radius 1 is 1.41 bits per heavy atom. The highest BCUT2D eigenvalue weighted by Crippen LogP contribution is 2.31. The molecule has 120 valence electrons. The van der Waals surface area contributed by atoms with Crippen molar-refractivity contribution in [3.63, 3.8) is 0 Å². The highest BCUT2D eigenvalue weighted by molar-refractivity contribution is 5.89. The normalized spacial score (nSPS) is 16.8. The standard InChI is InChI=1S/C13H14F3N3O3/c1-7(20)18-8-2-3-11-10(4-8)19-9(6-22-11)5-17-12(21)13(14,15)16/h2-4,9,19H,5-6H2,1H3,(H,17,21)(H,18,20). The fourth-order valence-electron chi connectivity index (χ4n) is 1.93. The average Bonchev–Trinajstić information content (AvgIpc) is 2.42. The Balaban J connectivity index is 1.98. The molecule has 0 saturated carbocycles. The Morgan fingerprint density at radius 3 is 2.77 bits per heavy atom. The molecule has 1 unspecified atom stereocenters. The maximum atomic E-state index is 12.1. The number of nitrogens with one attached hydrogen (secondary N) is 3. The number of hydrogen-bond acceptors (Lipinski definition) is 4. The lowest BCUT2D eigenvalue weighted by Gasteiger charge is -2.28. The number of alkyl halides is 3. The predicted octanol–water partition coefficient (Wildman–Crippen LogP) is 1.50. The number of halogens is 3. The fraction of sp³-hybridized carbons (Fsp3) is 0.385. The Morgan fingerprint density at radius 2 is 2.14 bits per heavy atom. The minimum Gasteiger partial charge on any atom is -0.489 e. The van der Waals surface area contributed by atoms with E-state index in [1.807, 2.05) is 0 Å². The van der Waals surface area contributed by atoms with Crippen LogP contribution < -0.4 is 20.7 Å². The van der Waals surface area contributed by atoms with E-state index in [1.54, 1.807) is 23.5 Å². The number of hydrogen-bond donors (Lipinski definition) is 3. The van der Waals surface area contributed by atoms with Crippen molar-refractivity contribution >= 4 is 23.2 Å². The Kier molecular flexibility index (Phi) is 4.43. The SMILES string of the molecule is CC(=O)Nc1ccc2c(c1)NC(CNC(=O)C(F)(F)F)CO2.